The van der Waals surface area contributed by atoms with Gasteiger partial charge in [-0.05, 0) is 50.5 Å². The molecule has 180 valence electrons. The van der Waals surface area contributed by atoms with E-state index in [1.807, 2.05) is 13.8 Å². The highest BCUT2D eigenvalue weighted by atomic mass is 32.2. The maximum absolute atomic E-state index is 12.8. The summed E-state index contributed by atoms with van der Waals surface area (Å²) >= 11 is 6.59. The first-order valence-corrected chi connectivity index (χ1v) is 12.1. The third-order valence-corrected chi connectivity index (χ3v) is 6.48. The third kappa shape index (κ3) is 7.75. The number of benzene rings is 1. The molecule has 1 N–H and O–H groups in total. The van der Waals surface area contributed by atoms with Crippen molar-refractivity contribution in [3.05, 3.63) is 28.7 Å². The molecule has 0 radical (unpaired) electrons. The number of unbranched alkanes of at least 4 members (excludes halogenated alkanes) is 2. The van der Waals surface area contributed by atoms with E-state index >= 15 is 0 Å². The monoisotopic (exact) mass is 494 g/mol. The number of ether oxygens (including phenoxy) is 2. The van der Waals surface area contributed by atoms with E-state index in [2.05, 4.69) is 0 Å². The standard InChI is InChI=1S/C23H30N2O6S2/c1-4-24(5-2)20(26)15-31-17-11-10-16(13-18(17)30-3)14-19-22(29)25(23(32)33-19)12-8-6-7-9-21(27)28/h10-11,13-14H,4-9,12,15H2,1-3H3,(H,27,28)/b19-14+. The Morgan fingerprint density at radius 1 is 1.18 bits per heavy atom. The van der Waals surface area contributed by atoms with E-state index in [0.29, 0.717) is 53.2 Å². The number of carbonyl (C=O) groups excluding carboxylic acids is 2. The van der Waals surface area contributed by atoms with Gasteiger partial charge in [-0.1, -0.05) is 36.5 Å². The Hall–Kier alpha value is -2.59. The van der Waals surface area contributed by atoms with Crippen LogP contribution in [0.25, 0.3) is 6.08 Å². The summed E-state index contributed by atoms with van der Waals surface area (Å²) in [4.78, 5) is 39.3. The van der Waals surface area contributed by atoms with E-state index in [0.717, 1.165) is 12.0 Å². The van der Waals surface area contributed by atoms with Crippen molar-refractivity contribution < 1.29 is 29.0 Å². The van der Waals surface area contributed by atoms with Gasteiger partial charge in [0.25, 0.3) is 11.8 Å². The van der Waals surface area contributed by atoms with Gasteiger partial charge in [-0.2, -0.15) is 0 Å². The Morgan fingerprint density at radius 2 is 1.91 bits per heavy atom. The number of likely N-dealkylation sites (N-methyl/N-ethyl adjacent to an activating group) is 1. The van der Waals surface area contributed by atoms with Gasteiger partial charge in [0.15, 0.2) is 18.1 Å². The van der Waals surface area contributed by atoms with Gasteiger partial charge in [-0.3, -0.25) is 19.3 Å². The highest BCUT2D eigenvalue weighted by molar-refractivity contribution is 8.26. The molecular weight excluding hydrogens is 464 g/mol. The molecule has 2 rings (SSSR count). The summed E-state index contributed by atoms with van der Waals surface area (Å²) in [5.74, 6) is -0.162. The van der Waals surface area contributed by atoms with Crippen LogP contribution in [0.5, 0.6) is 11.5 Å². The molecule has 0 bridgehead atoms. The van der Waals surface area contributed by atoms with Crippen LogP contribution in [0.15, 0.2) is 23.1 Å². The lowest BCUT2D eigenvalue weighted by Gasteiger charge is -2.19. The summed E-state index contributed by atoms with van der Waals surface area (Å²) in [5.41, 5.74) is 0.747. The van der Waals surface area contributed by atoms with Crippen LogP contribution in [0.1, 0.15) is 45.1 Å². The van der Waals surface area contributed by atoms with Crippen LogP contribution < -0.4 is 9.47 Å². The van der Waals surface area contributed by atoms with Crippen molar-refractivity contribution in [3.63, 3.8) is 0 Å². The molecule has 1 saturated heterocycles. The molecule has 1 aliphatic rings. The lowest BCUT2D eigenvalue weighted by Crippen LogP contribution is -2.34. The van der Waals surface area contributed by atoms with E-state index in [-0.39, 0.29) is 24.8 Å². The molecule has 1 aromatic rings. The van der Waals surface area contributed by atoms with E-state index in [9.17, 15) is 14.4 Å². The summed E-state index contributed by atoms with van der Waals surface area (Å²) in [7, 11) is 1.52. The van der Waals surface area contributed by atoms with E-state index in [4.69, 9.17) is 26.8 Å². The molecule has 0 aromatic heterocycles. The quantitative estimate of drug-likeness (QED) is 0.251. The summed E-state index contributed by atoms with van der Waals surface area (Å²) in [6.07, 6.45) is 3.87. The highest BCUT2D eigenvalue weighted by Crippen LogP contribution is 2.35. The normalized spacial score (nSPS) is 14.6. The summed E-state index contributed by atoms with van der Waals surface area (Å²) < 4.78 is 11.6. The summed E-state index contributed by atoms with van der Waals surface area (Å²) in [6.45, 7) is 5.46. The number of thiocarbonyl (C=S) groups is 1. The predicted molar refractivity (Wildman–Crippen MR) is 132 cm³/mol. The number of methoxy groups -OCH3 is 1. The lowest BCUT2D eigenvalue weighted by molar-refractivity contribution is -0.137. The zero-order chi connectivity index (χ0) is 24.4. The molecule has 8 nitrogen and oxygen atoms in total. The number of carbonyl (C=O) groups is 3. The van der Waals surface area contributed by atoms with Crippen LogP contribution in [0.2, 0.25) is 0 Å². The number of hydrogen-bond acceptors (Lipinski definition) is 7. The topological polar surface area (TPSA) is 96.4 Å². The first kappa shape index (κ1) is 26.7. The van der Waals surface area contributed by atoms with Crippen LogP contribution in [-0.2, 0) is 14.4 Å². The van der Waals surface area contributed by atoms with Gasteiger partial charge in [-0.15, -0.1) is 0 Å². The maximum Gasteiger partial charge on any atom is 0.303 e. The fraction of sp³-hybridized carbons (Fsp3) is 0.478. The van der Waals surface area contributed by atoms with E-state index in [1.54, 1.807) is 34.1 Å². The van der Waals surface area contributed by atoms with Gasteiger partial charge < -0.3 is 19.5 Å². The minimum atomic E-state index is -0.814. The van der Waals surface area contributed by atoms with E-state index in [1.165, 1.54) is 18.9 Å². The van der Waals surface area contributed by atoms with Crippen LogP contribution in [0.4, 0.5) is 0 Å². The Bertz CT molecular complexity index is 914. The molecule has 1 aromatic carbocycles. The SMILES string of the molecule is CCN(CC)C(=O)COc1ccc(/C=C2/SC(=S)N(CCCCCC(=O)O)C2=O)cc1OC. The molecule has 0 aliphatic carbocycles. The number of carboxylic acids is 1. The first-order chi connectivity index (χ1) is 15.8. The Morgan fingerprint density at radius 3 is 2.55 bits per heavy atom. The average molecular weight is 495 g/mol. The largest absolute Gasteiger partial charge is 0.493 e. The number of amides is 2. The van der Waals surface area contributed by atoms with Crippen molar-refractivity contribution in [2.45, 2.75) is 39.5 Å². The Labute approximate surface area is 203 Å². The predicted octanol–water partition coefficient (Wildman–Crippen LogP) is 3.79. The number of carboxylic acid groups (broad SMARTS) is 1. The Kier molecular flexibility index (Phi) is 10.7. The number of thioether (sulfide) groups is 1. The minimum Gasteiger partial charge on any atom is -0.493 e. The molecule has 10 heteroatoms. The summed E-state index contributed by atoms with van der Waals surface area (Å²) in [6, 6.07) is 5.25. The molecule has 33 heavy (non-hydrogen) atoms. The van der Waals surface area contributed by atoms with Crippen molar-refractivity contribution in [1.29, 1.82) is 0 Å². The van der Waals surface area contributed by atoms with Gasteiger partial charge >= 0.3 is 5.97 Å². The lowest BCUT2D eigenvalue weighted by atomic mass is 10.1. The van der Waals surface area contributed by atoms with Gasteiger partial charge in [0.05, 0.1) is 12.0 Å². The average Bonchev–Trinajstić information content (AvgIpc) is 3.05. The van der Waals surface area contributed by atoms with Crippen molar-refractivity contribution >= 4 is 52.2 Å². The molecule has 0 spiro atoms. The number of rotatable bonds is 13. The second kappa shape index (κ2) is 13.2. The van der Waals surface area contributed by atoms with Crippen LogP contribution in [0, 0.1) is 0 Å². The molecule has 0 atom stereocenters. The van der Waals surface area contributed by atoms with Crippen LogP contribution >= 0.6 is 24.0 Å². The molecule has 1 heterocycles. The van der Waals surface area contributed by atoms with E-state index < -0.39 is 5.97 Å². The van der Waals surface area contributed by atoms with Gasteiger partial charge in [-0.25, -0.2) is 0 Å². The molecular formula is C23H30N2O6S2. The zero-order valence-electron chi connectivity index (χ0n) is 19.2. The molecule has 0 unspecified atom stereocenters. The summed E-state index contributed by atoms with van der Waals surface area (Å²) in [5, 5.41) is 8.70. The fourth-order valence-electron chi connectivity index (χ4n) is 3.27. The molecule has 2 amide bonds. The van der Waals surface area contributed by atoms with Crippen LogP contribution in [0.3, 0.4) is 0 Å². The van der Waals surface area contributed by atoms with Gasteiger partial charge in [0.1, 0.15) is 4.32 Å². The van der Waals surface area contributed by atoms with Crippen molar-refractivity contribution in [1.82, 2.24) is 9.80 Å². The number of hydrogen-bond donors (Lipinski definition) is 1. The third-order valence-electron chi connectivity index (χ3n) is 5.10. The van der Waals surface area contributed by atoms with Gasteiger partial charge in [0, 0.05) is 26.1 Å². The van der Waals surface area contributed by atoms with Gasteiger partial charge in [0.2, 0.25) is 0 Å². The first-order valence-electron chi connectivity index (χ1n) is 10.9. The second-order valence-corrected chi connectivity index (χ2v) is 8.98. The number of aliphatic carboxylic acids is 1. The Balaban J connectivity index is 2.01. The maximum atomic E-state index is 12.8. The molecule has 1 aliphatic heterocycles. The molecule has 0 saturated carbocycles. The number of nitrogens with zero attached hydrogens (tertiary/aromatic N) is 2. The van der Waals surface area contributed by atoms with Crippen molar-refractivity contribution in [3.8, 4) is 11.5 Å². The smallest absolute Gasteiger partial charge is 0.303 e. The van der Waals surface area contributed by atoms with Crippen molar-refractivity contribution in [2.75, 3.05) is 33.4 Å². The highest BCUT2D eigenvalue weighted by Gasteiger charge is 2.31. The minimum absolute atomic E-state index is 0.0808. The second-order valence-electron chi connectivity index (χ2n) is 7.30. The molecule has 1 fully saturated rings. The van der Waals surface area contributed by atoms with Crippen LogP contribution in [-0.4, -0.2) is 70.4 Å². The fourth-order valence-corrected chi connectivity index (χ4v) is 4.58. The zero-order valence-corrected chi connectivity index (χ0v) is 20.8. The van der Waals surface area contributed by atoms with Crippen molar-refractivity contribution in [2.24, 2.45) is 0 Å².